The Labute approximate surface area is 69.4 Å². The minimum atomic E-state index is 0.00255. The molecule has 0 radical (unpaired) electrons. The van der Waals surface area contributed by atoms with Crippen LogP contribution in [-0.4, -0.2) is 22.9 Å². The molecule has 1 aromatic carbocycles. The second-order valence-electron chi connectivity index (χ2n) is 2.23. The Morgan fingerprint density at radius 2 is 1.45 bits per heavy atom. The normalized spacial score (nSPS) is 10.5. The molecule has 56 valence electrons. The van der Waals surface area contributed by atoms with E-state index in [0.717, 1.165) is 11.0 Å². The molecule has 2 rings (SSSR count). The van der Waals surface area contributed by atoms with Gasteiger partial charge in [-0.3, -0.25) is 0 Å². The van der Waals surface area contributed by atoms with E-state index in [-0.39, 0.29) is 15.0 Å². The van der Waals surface area contributed by atoms with E-state index in [4.69, 9.17) is 11.5 Å². The number of nitrogen functional groups attached to an aromatic ring is 2. The molecule has 0 fully saturated rings. The summed E-state index contributed by atoms with van der Waals surface area (Å²) in [5, 5.41) is 0. The van der Waals surface area contributed by atoms with Gasteiger partial charge in [-0.05, 0) is 0 Å². The first-order chi connectivity index (χ1) is 5.27. The van der Waals surface area contributed by atoms with Crippen molar-refractivity contribution in [2.24, 2.45) is 0 Å². The molecule has 2 aromatic rings. The summed E-state index contributed by atoms with van der Waals surface area (Å²) in [5.41, 5.74) is 14.1. The zero-order valence-electron chi connectivity index (χ0n) is 5.61. The number of benzene rings is 1. The zero-order valence-corrected chi connectivity index (χ0v) is 7.33. The Bertz CT molecular complexity index is 358. The van der Waals surface area contributed by atoms with Gasteiger partial charge in [0.2, 0.25) is 0 Å². The van der Waals surface area contributed by atoms with Crippen molar-refractivity contribution in [2.45, 2.75) is 0 Å². The topological polar surface area (TPSA) is 77.8 Å². The van der Waals surface area contributed by atoms with Gasteiger partial charge in [0.05, 0.1) is 0 Å². The van der Waals surface area contributed by atoms with Crippen molar-refractivity contribution in [2.75, 3.05) is 11.5 Å². The van der Waals surface area contributed by atoms with Crippen LogP contribution in [0, 0.1) is 0 Å². The molecule has 0 saturated heterocycles. The minimum absolute atomic E-state index is 0.00255. The molecule has 11 heavy (non-hydrogen) atoms. The molecule has 0 saturated carbocycles. The summed E-state index contributed by atoms with van der Waals surface area (Å²) < 4.78 is 8.32. The maximum absolute atomic E-state index is 5.57. The van der Waals surface area contributed by atoms with Gasteiger partial charge in [-0.25, -0.2) is 0 Å². The van der Waals surface area contributed by atoms with E-state index in [1.165, 1.54) is 0 Å². The van der Waals surface area contributed by atoms with E-state index in [1.54, 1.807) is 12.1 Å². The third-order valence-corrected chi connectivity index (χ3v) is 2.63. The first kappa shape index (κ1) is 6.64. The van der Waals surface area contributed by atoms with E-state index in [0.29, 0.717) is 11.4 Å². The van der Waals surface area contributed by atoms with Crippen molar-refractivity contribution in [3.8, 4) is 0 Å². The number of nitrogens with zero attached hydrogens (tertiary/aromatic N) is 2. The van der Waals surface area contributed by atoms with Gasteiger partial charge in [-0.1, -0.05) is 0 Å². The quantitative estimate of drug-likeness (QED) is 0.471. The predicted octanol–water partition coefficient (Wildman–Crippen LogP) is -0.149. The molecular weight excluding hydrogens is 207 g/mol. The molecule has 4 nitrogen and oxygen atoms in total. The van der Waals surface area contributed by atoms with Crippen LogP contribution in [0.25, 0.3) is 11.0 Å². The van der Waals surface area contributed by atoms with E-state index in [9.17, 15) is 0 Å². The van der Waals surface area contributed by atoms with Crippen LogP contribution in [0.3, 0.4) is 0 Å². The molecule has 0 unspecified atom stereocenters. The van der Waals surface area contributed by atoms with Crippen LogP contribution in [-0.2, 0) is 0 Å². The molecule has 4 N–H and O–H groups in total. The first-order valence-corrected chi connectivity index (χ1v) is 4.58. The van der Waals surface area contributed by atoms with E-state index >= 15 is 0 Å². The molecule has 1 aromatic heterocycles. The summed E-state index contributed by atoms with van der Waals surface area (Å²) in [6.45, 7) is 0. The average molecular weight is 213 g/mol. The van der Waals surface area contributed by atoms with Crippen LogP contribution in [0.5, 0.6) is 0 Å². The van der Waals surface area contributed by atoms with Crippen LogP contribution in [0.15, 0.2) is 12.1 Å². The van der Waals surface area contributed by atoms with Crippen molar-refractivity contribution in [1.82, 2.24) is 7.96 Å². The summed E-state index contributed by atoms with van der Waals surface area (Å²) in [6.07, 6.45) is 0. The molecule has 0 amide bonds. The molecule has 0 bridgehead atoms. The van der Waals surface area contributed by atoms with Crippen LogP contribution < -0.4 is 11.5 Å². The molecule has 1 heterocycles. The SMILES string of the molecule is Nc1cc2n[se]nc2cc1N. The first-order valence-electron chi connectivity index (χ1n) is 3.04. The number of rotatable bonds is 0. The fourth-order valence-electron chi connectivity index (χ4n) is 0.864. The number of fused-ring (bicyclic) bond motifs is 1. The van der Waals surface area contributed by atoms with E-state index < -0.39 is 0 Å². The zero-order chi connectivity index (χ0) is 7.84. The summed E-state index contributed by atoms with van der Waals surface area (Å²) >= 11 is 0.00255. The summed E-state index contributed by atoms with van der Waals surface area (Å²) in [5.74, 6) is 0. The number of hydrogen-bond acceptors (Lipinski definition) is 4. The van der Waals surface area contributed by atoms with Crippen LogP contribution in [0.4, 0.5) is 11.4 Å². The Kier molecular flexibility index (Phi) is 1.34. The van der Waals surface area contributed by atoms with Crippen LogP contribution in [0.2, 0.25) is 0 Å². The van der Waals surface area contributed by atoms with Gasteiger partial charge in [0.1, 0.15) is 0 Å². The van der Waals surface area contributed by atoms with Crippen molar-refractivity contribution in [3.05, 3.63) is 12.1 Å². The van der Waals surface area contributed by atoms with Gasteiger partial charge < -0.3 is 0 Å². The summed E-state index contributed by atoms with van der Waals surface area (Å²) in [6, 6.07) is 3.53. The molecular formula is C6H6N4Se. The number of nitrogens with two attached hydrogens (primary N) is 2. The predicted molar refractivity (Wildman–Crippen MR) is 45.3 cm³/mol. The third-order valence-electron chi connectivity index (χ3n) is 1.46. The Balaban J connectivity index is 2.86. The molecule has 0 atom stereocenters. The van der Waals surface area contributed by atoms with Crippen molar-refractivity contribution < 1.29 is 0 Å². The van der Waals surface area contributed by atoms with E-state index in [2.05, 4.69) is 7.96 Å². The van der Waals surface area contributed by atoms with Gasteiger partial charge >= 0.3 is 68.9 Å². The molecule has 0 aliphatic heterocycles. The van der Waals surface area contributed by atoms with Crippen molar-refractivity contribution in [3.63, 3.8) is 0 Å². The van der Waals surface area contributed by atoms with E-state index in [1.807, 2.05) is 0 Å². The summed E-state index contributed by atoms with van der Waals surface area (Å²) in [4.78, 5) is 0. The van der Waals surface area contributed by atoms with Crippen molar-refractivity contribution in [1.29, 1.82) is 0 Å². The van der Waals surface area contributed by atoms with Crippen LogP contribution in [0.1, 0.15) is 0 Å². The maximum atomic E-state index is 5.57. The fourth-order valence-corrected chi connectivity index (χ4v) is 1.93. The van der Waals surface area contributed by atoms with Crippen LogP contribution >= 0.6 is 0 Å². The van der Waals surface area contributed by atoms with Gasteiger partial charge in [-0.2, -0.15) is 0 Å². The second kappa shape index (κ2) is 2.22. The third kappa shape index (κ3) is 0.982. The number of aromatic nitrogens is 2. The van der Waals surface area contributed by atoms with Crippen molar-refractivity contribution >= 4 is 37.4 Å². The summed E-state index contributed by atoms with van der Waals surface area (Å²) in [7, 11) is 0. The molecule has 0 spiro atoms. The van der Waals surface area contributed by atoms with Gasteiger partial charge in [-0.15, -0.1) is 0 Å². The fraction of sp³-hybridized carbons (Fsp3) is 0. The monoisotopic (exact) mass is 214 g/mol. The van der Waals surface area contributed by atoms with Gasteiger partial charge in [0.25, 0.3) is 0 Å². The standard InChI is InChI=1S/C6H6N4Se/c7-3-1-5-6(2-4(3)8)10-11-9-5/h1-2H,7-8H2. The Morgan fingerprint density at radius 1 is 1.00 bits per heavy atom. The Morgan fingerprint density at radius 3 is 1.91 bits per heavy atom. The molecule has 0 aliphatic rings. The second-order valence-corrected chi connectivity index (χ2v) is 3.34. The number of hydrogen-bond donors (Lipinski definition) is 2. The Hall–Kier alpha value is -1.06. The van der Waals surface area contributed by atoms with Gasteiger partial charge in [0.15, 0.2) is 0 Å². The molecule has 0 aliphatic carbocycles. The van der Waals surface area contributed by atoms with Gasteiger partial charge in [0, 0.05) is 0 Å². The number of anilines is 2. The molecule has 5 heteroatoms. The average Bonchev–Trinajstić information content (AvgIpc) is 2.36.